The van der Waals surface area contributed by atoms with Crippen LogP contribution in [0.4, 0.5) is 11.8 Å². The van der Waals surface area contributed by atoms with Crippen molar-refractivity contribution in [3.8, 4) is 22.8 Å². The number of aromatic nitrogens is 4. The molecule has 0 aliphatic carbocycles. The molecule has 0 spiro atoms. The lowest BCUT2D eigenvalue weighted by atomic mass is 10.1. The van der Waals surface area contributed by atoms with Gasteiger partial charge in [-0.15, -0.1) is 0 Å². The van der Waals surface area contributed by atoms with Gasteiger partial charge in [-0.05, 0) is 29.8 Å². The van der Waals surface area contributed by atoms with Crippen LogP contribution in [0.15, 0.2) is 60.8 Å². The quantitative estimate of drug-likeness (QED) is 0.401. The van der Waals surface area contributed by atoms with Crippen LogP contribution < -0.4 is 20.1 Å². The van der Waals surface area contributed by atoms with Gasteiger partial charge in [0.25, 0.3) is 0 Å². The maximum atomic E-state index is 12.7. The van der Waals surface area contributed by atoms with Gasteiger partial charge in [-0.3, -0.25) is 4.79 Å². The highest BCUT2D eigenvalue weighted by molar-refractivity contribution is 5.92. The highest BCUT2D eigenvalue weighted by Crippen LogP contribution is 2.32. The smallest absolute Gasteiger partial charge is 0.246 e. The van der Waals surface area contributed by atoms with E-state index >= 15 is 0 Å². The van der Waals surface area contributed by atoms with Crippen molar-refractivity contribution in [1.82, 2.24) is 24.8 Å². The average molecular weight is 498 g/mol. The van der Waals surface area contributed by atoms with Crippen molar-refractivity contribution in [3.05, 3.63) is 66.4 Å². The number of hydrogen-bond acceptors (Lipinski definition) is 9. The topological polar surface area (TPSA) is 120 Å². The molecule has 0 saturated carbocycles. The second-order valence-electron chi connectivity index (χ2n) is 8.46. The summed E-state index contributed by atoms with van der Waals surface area (Å²) in [5.41, 5.74) is 9.40. The fourth-order valence-electron chi connectivity index (χ4n) is 4.24. The highest BCUT2D eigenvalue weighted by atomic mass is 16.5. The number of rotatable bonds is 6. The molecule has 2 aromatic heterocycles. The first-order chi connectivity index (χ1) is 18.1. The normalized spacial score (nSPS) is 13.8. The molecule has 10 heteroatoms. The monoisotopic (exact) mass is 497 g/mol. The average Bonchev–Trinajstić information content (AvgIpc) is 2.95. The maximum absolute atomic E-state index is 12.7. The summed E-state index contributed by atoms with van der Waals surface area (Å²) >= 11 is 0. The number of methoxy groups -OCH3 is 2. The number of nitrogens with two attached hydrogens (primary N) is 1. The zero-order chi connectivity index (χ0) is 25.8. The van der Waals surface area contributed by atoms with Crippen molar-refractivity contribution < 1.29 is 14.3 Å². The van der Waals surface area contributed by atoms with Gasteiger partial charge in [0.15, 0.2) is 28.5 Å². The first-order valence-corrected chi connectivity index (χ1v) is 11.9. The van der Waals surface area contributed by atoms with Crippen molar-refractivity contribution >= 4 is 34.9 Å². The van der Waals surface area contributed by atoms with E-state index in [1.807, 2.05) is 59.5 Å². The second kappa shape index (κ2) is 10.5. The van der Waals surface area contributed by atoms with E-state index < -0.39 is 0 Å². The number of nitrogen functional groups attached to an aromatic ring is 1. The fourth-order valence-corrected chi connectivity index (χ4v) is 4.24. The van der Waals surface area contributed by atoms with Gasteiger partial charge < -0.3 is 25.0 Å². The zero-order valence-corrected chi connectivity index (χ0v) is 20.7. The summed E-state index contributed by atoms with van der Waals surface area (Å²) in [6.45, 7) is 2.26. The molecule has 2 aromatic carbocycles. The standard InChI is InChI=1S/C27H27N7O3/c1-36-21-10-9-19(16-22(21)37-2)20-17-29-25-24(30-20)26(32-27(28)31-25)34-14-12-33(13-15-34)23(35)11-8-18-6-4-3-5-7-18/h3-11,16-17H,12-15H2,1-2H3,(H2,28,29,31,32)/b11-8+. The summed E-state index contributed by atoms with van der Waals surface area (Å²) in [5, 5.41) is 0. The third-order valence-corrected chi connectivity index (χ3v) is 6.19. The van der Waals surface area contributed by atoms with E-state index in [0.29, 0.717) is 60.4 Å². The summed E-state index contributed by atoms with van der Waals surface area (Å²) < 4.78 is 10.8. The van der Waals surface area contributed by atoms with Crippen LogP contribution in [-0.2, 0) is 4.79 Å². The number of nitrogens with zero attached hydrogens (tertiary/aromatic N) is 6. The lowest BCUT2D eigenvalue weighted by molar-refractivity contribution is -0.126. The molecule has 5 rings (SSSR count). The Hall–Kier alpha value is -4.73. The predicted molar refractivity (Wildman–Crippen MR) is 142 cm³/mol. The number of amides is 1. The Morgan fingerprint density at radius 3 is 2.43 bits per heavy atom. The number of piperazine rings is 1. The Morgan fingerprint density at radius 1 is 0.946 bits per heavy atom. The molecule has 0 unspecified atom stereocenters. The Kier molecular flexibility index (Phi) is 6.80. The number of ether oxygens (including phenoxy) is 2. The molecule has 3 heterocycles. The van der Waals surface area contributed by atoms with Gasteiger partial charge in [-0.2, -0.15) is 9.97 Å². The van der Waals surface area contributed by atoms with Gasteiger partial charge in [0.05, 0.1) is 26.1 Å². The molecule has 0 atom stereocenters. The largest absolute Gasteiger partial charge is 0.493 e. The van der Waals surface area contributed by atoms with Crippen LogP contribution in [-0.4, -0.2) is 71.1 Å². The van der Waals surface area contributed by atoms with Crippen LogP contribution in [0.3, 0.4) is 0 Å². The summed E-state index contributed by atoms with van der Waals surface area (Å²) in [4.78, 5) is 34.7. The van der Waals surface area contributed by atoms with Crippen LogP contribution in [0.2, 0.25) is 0 Å². The van der Waals surface area contributed by atoms with Crippen LogP contribution >= 0.6 is 0 Å². The molecule has 1 saturated heterocycles. The van der Waals surface area contributed by atoms with E-state index in [1.54, 1.807) is 26.5 Å². The van der Waals surface area contributed by atoms with Crippen molar-refractivity contribution in [2.45, 2.75) is 0 Å². The molecule has 1 amide bonds. The Morgan fingerprint density at radius 2 is 1.70 bits per heavy atom. The summed E-state index contributed by atoms with van der Waals surface area (Å²) in [7, 11) is 3.18. The van der Waals surface area contributed by atoms with Gasteiger partial charge in [0.2, 0.25) is 11.9 Å². The molecule has 0 bridgehead atoms. The summed E-state index contributed by atoms with van der Waals surface area (Å²) in [6.07, 6.45) is 5.10. The van der Waals surface area contributed by atoms with Gasteiger partial charge in [-0.1, -0.05) is 30.3 Å². The summed E-state index contributed by atoms with van der Waals surface area (Å²) in [6, 6.07) is 15.3. The van der Waals surface area contributed by atoms with Crippen molar-refractivity contribution in [2.24, 2.45) is 0 Å². The first-order valence-electron chi connectivity index (χ1n) is 11.9. The molecule has 0 radical (unpaired) electrons. The van der Waals surface area contributed by atoms with Gasteiger partial charge in [0, 0.05) is 37.8 Å². The number of hydrogen-bond donors (Lipinski definition) is 1. The molecule has 1 aliphatic heterocycles. The van der Waals surface area contributed by atoms with E-state index in [2.05, 4.69) is 19.9 Å². The van der Waals surface area contributed by atoms with Crippen molar-refractivity contribution in [1.29, 1.82) is 0 Å². The van der Waals surface area contributed by atoms with Crippen LogP contribution in [0.5, 0.6) is 11.5 Å². The van der Waals surface area contributed by atoms with Gasteiger partial charge in [0.1, 0.15) is 0 Å². The maximum Gasteiger partial charge on any atom is 0.246 e. The number of fused-ring (bicyclic) bond motifs is 1. The third-order valence-electron chi connectivity index (χ3n) is 6.19. The molecule has 1 aliphatic rings. The highest BCUT2D eigenvalue weighted by Gasteiger charge is 2.24. The van der Waals surface area contributed by atoms with Crippen LogP contribution in [0.1, 0.15) is 5.56 Å². The number of carbonyl (C=O) groups excluding carboxylic acids is 1. The van der Waals surface area contributed by atoms with Crippen LogP contribution in [0.25, 0.3) is 28.5 Å². The fraction of sp³-hybridized carbons (Fsp3) is 0.222. The molecular weight excluding hydrogens is 470 g/mol. The Balaban J connectivity index is 1.38. The van der Waals surface area contributed by atoms with Crippen molar-refractivity contribution in [2.75, 3.05) is 51.0 Å². The van der Waals surface area contributed by atoms with Gasteiger partial charge in [-0.25, -0.2) is 9.97 Å². The van der Waals surface area contributed by atoms with E-state index in [4.69, 9.17) is 20.2 Å². The minimum atomic E-state index is -0.0221. The van der Waals surface area contributed by atoms with Gasteiger partial charge >= 0.3 is 0 Å². The lowest BCUT2D eigenvalue weighted by Gasteiger charge is -2.35. The molecule has 10 nitrogen and oxygen atoms in total. The molecule has 1 fully saturated rings. The number of anilines is 2. The number of carbonyl (C=O) groups is 1. The Labute approximate surface area is 214 Å². The molecule has 2 N–H and O–H groups in total. The lowest BCUT2D eigenvalue weighted by Crippen LogP contribution is -2.48. The van der Waals surface area contributed by atoms with Crippen molar-refractivity contribution in [3.63, 3.8) is 0 Å². The first kappa shape index (κ1) is 24.0. The second-order valence-corrected chi connectivity index (χ2v) is 8.46. The molecule has 4 aromatic rings. The molecule has 37 heavy (non-hydrogen) atoms. The summed E-state index contributed by atoms with van der Waals surface area (Å²) in [5.74, 6) is 1.93. The third kappa shape index (κ3) is 5.13. The number of benzene rings is 2. The van der Waals surface area contributed by atoms with E-state index in [0.717, 1.165) is 11.1 Å². The minimum absolute atomic E-state index is 0.0221. The SMILES string of the molecule is COc1ccc(-c2cnc3nc(N)nc(N4CCN(C(=O)/C=C/c5ccccc5)CC4)c3n2)cc1OC. The van der Waals surface area contributed by atoms with E-state index in [1.165, 1.54) is 0 Å². The molecular formula is C27H27N7O3. The minimum Gasteiger partial charge on any atom is -0.493 e. The van der Waals surface area contributed by atoms with E-state index in [-0.39, 0.29) is 11.9 Å². The predicted octanol–water partition coefficient (Wildman–Crippen LogP) is 3.05. The van der Waals surface area contributed by atoms with Crippen LogP contribution in [0, 0.1) is 0 Å². The zero-order valence-electron chi connectivity index (χ0n) is 20.7. The Bertz CT molecular complexity index is 1450. The van der Waals surface area contributed by atoms with E-state index in [9.17, 15) is 4.79 Å². The molecule has 188 valence electrons.